The van der Waals surface area contributed by atoms with Crippen LogP contribution in [0.2, 0.25) is 5.02 Å². The lowest BCUT2D eigenvalue weighted by atomic mass is 10.1. The summed E-state index contributed by atoms with van der Waals surface area (Å²) in [5.74, 6) is 0.0156. The van der Waals surface area contributed by atoms with Gasteiger partial charge in [-0.2, -0.15) is 0 Å². The molecule has 2 unspecified atom stereocenters. The van der Waals surface area contributed by atoms with E-state index in [2.05, 4.69) is 0 Å². The minimum Gasteiger partial charge on any atom is -0.339 e. The molecule has 1 aliphatic heterocycles. The Morgan fingerprint density at radius 3 is 2.11 bits per heavy atom. The van der Waals surface area contributed by atoms with Crippen LogP contribution in [0.4, 0.5) is 4.39 Å². The Labute approximate surface area is 162 Å². The number of hydrogen-bond donors (Lipinski definition) is 0. The first kappa shape index (κ1) is 18.0. The molecule has 2 fully saturated rings. The Morgan fingerprint density at radius 1 is 0.889 bits per heavy atom. The van der Waals surface area contributed by atoms with E-state index in [1.807, 2.05) is 4.90 Å². The van der Waals surface area contributed by atoms with Crippen LogP contribution in [0.5, 0.6) is 0 Å². The topological polar surface area (TPSA) is 40.6 Å². The highest BCUT2D eigenvalue weighted by Gasteiger charge is 2.46. The van der Waals surface area contributed by atoms with Gasteiger partial charge in [0.1, 0.15) is 5.82 Å². The van der Waals surface area contributed by atoms with E-state index >= 15 is 0 Å². The van der Waals surface area contributed by atoms with E-state index in [9.17, 15) is 14.0 Å². The van der Waals surface area contributed by atoms with E-state index in [1.165, 1.54) is 12.1 Å². The van der Waals surface area contributed by atoms with Crippen LogP contribution in [0, 0.1) is 11.7 Å². The van der Waals surface area contributed by atoms with Crippen molar-refractivity contribution < 1.29 is 14.0 Å². The van der Waals surface area contributed by atoms with Crippen LogP contribution in [0.1, 0.15) is 28.3 Å². The average Bonchev–Trinajstić information content (AvgIpc) is 3.49. The van der Waals surface area contributed by atoms with Crippen molar-refractivity contribution in [3.05, 3.63) is 70.5 Å². The fraction of sp³-hybridized carbons (Fsp3) is 0.333. The number of hydrogen-bond acceptors (Lipinski definition) is 2. The molecule has 27 heavy (non-hydrogen) atoms. The molecule has 2 atom stereocenters. The molecule has 140 valence electrons. The molecule has 2 aromatic rings. The summed E-state index contributed by atoms with van der Waals surface area (Å²) in [6.45, 7) is 2.15. The van der Waals surface area contributed by atoms with Crippen LogP contribution < -0.4 is 0 Å². The second-order valence-corrected chi connectivity index (χ2v) is 7.56. The number of benzene rings is 2. The highest BCUT2D eigenvalue weighted by molar-refractivity contribution is 6.30. The molecule has 6 heteroatoms. The van der Waals surface area contributed by atoms with Gasteiger partial charge < -0.3 is 9.80 Å². The summed E-state index contributed by atoms with van der Waals surface area (Å²) in [6, 6.07) is 13.3. The molecule has 0 N–H and O–H groups in total. The average molecular weight is 387 g/mol. The minimum absolute atomic E-state index is 0.0195. The van der Waals surface area contributed by atoms with Gasteiger partial charge in [-0.05, 0) is 54.3 Å². The van der Waals surface area contributed by atoms with Gasteiger partial charge in [-0.15, -0.1) is 0 Å². The number of amides is 2. The fourth-order valence-corrected chi connectivity index (χ4v) is 3.81. The first-order valence-electron chi connectivity index (χ1n) is 9.12. The Bertz CT molecular complexity index is 845. The van der Waals surface area contributed by atoms with Gasteiger partial charge in [0.25, 0.3) is 5.91 Å². The van der Waals surface area contributed by atoms with E-state index in [-0.39, 0.29) is 29.5 Å². The van der Waals surface area contributed by atoms with Crippen LogP contribution >= 0.6 is 11.6 Å². The maximum Gasteiger partial charge on any atom is 0.253 e. The maximum absolute atomic E-state index is 13.0. The molecule has 2 amide bonds. The highest BCUT2D eigenvalue weighted by atomic mass is 35.5. The SMILES string of the molecule is O=C(c1ccc(Cl)cc1)N1CCN(C(=O)C2CC2c2ccc(F)cc2)CC1. The lowest BCUT2D eigenvalue weighted by Crippen LogP contribution is -2.51. The smallest absolute Gasteiger partial charge is 0.253 e. The summed E-state index contributed by atoms with van der Waals surface area (Å²) in [6.07, 6.45) is 0.814. The summed E-state index contributed by atoms with van der Waals surface area (Å²) in [7, 11) is 0. The number of carbonyl (C=O) groups is 2. The van der Waals surface area contributed by atoms with Gasteiger partial charge in [0.05, 0.1) is 0 Å². The predicted octanol–water partition coefficient (Wildman–Crippen LogP) is 3.57. The molecule has 0 radical (unpaired) electrons. The third-order valence-corrected chi connectivity index (χ3v) is 5.63. The maximum atomic E-state index is 13.0. The number of carbonyl (C=O) groups excluding carboxylic acids is 2. The molecule has 2 aliphatic rings. The number of rotatable bonds is 3. The molecule has 0 aromatic heterocycles. The summed E-state index contributed by atoms with van der Waals surface area (Å²) in [5.41, 5.74) is 1.63. The zero-order valence-corrected chi connectivity index (χ0v) is 15.5. The van der Waals surface area contributed by atoms with Crippen molar-refractivity contribution in [1.82, 2.24) is 9.80 Å². The normalized spacial score (nSPS) is 21.9. The standard InChI is InChI=1S/C21H20ClFN2O2/c22-16-5-1-15(2-6-16)20(26)24-9-11-25(12-10-24)21(27)19-13-18(19)14-3-7-17(23)8-4-14/h1-8,18-19H,9-13H2. The van der Waals surface area contributed by atoms with E-state index < -0.39 is 0 Å². The molecule has 1 aliphatic carbocycles. The van der Waals surface area contributed by atoms with Crippen LogP contribution in [-0.4, -0.2) is 47.8 Å². The summed E-state index contributed by atoms with van der Waals surface area (Å²) < 4.78 is 13.0. The quantitative estimate of drug-likeness (QED) is 0.809. The van der Waals surface area contributed by atoms with Crippen molar-refractivity contribution in [2.24, 2.45) is 5.92 Å². The molecular weight excluding hydrogens is 367 g/mol. The van der Waals surface area contributed by atoms with Gasteiger partial charge in [0, 0.05) is 42.7 Å². The minimum atomic E-state index is -0.260. The van der Waals surface area contributed by atoms with Gasteiger partial charge in [-0.3, -0.25) is 9.59 Å². The molecule has 0 bridgehead atoms. The van der Waals surface area contributed by atoms with Crippen molar-refractivity contribution in [2.45, 2.75) is 12.3 Å². The number of halogens is 2. The highest BCUT2D eigenvalue weighted by Crippen LogP contribution is 2.48. The summed E-state index contributed by atoms with van der Waals surface area (Å²) >= 11 is 5.87. The predicted molar refractivity (Wildman–Crippen MR) is 101 cm³/mol. The monoisotopic (exact) mass is 386 g/mol. The largest absolute Gasteiger partial charge is 0.339 e. The summed E-state index contributed by atoms with van der Waals surface area (Å²) in [5, 5.41) is 0.599. The Kier molecular flexibility index (Phi) is 4.87. The van der Waals surface area contributed by atoms with Crippen LogP contribution in [0.15, 0.2) is 48.5 Å². The molecule has 0 spiro atoms. The molecule has 1 saturated heterocycles. The Morgan fingerprint density at radius 2 is 1.48 bits per heavy atom. The zero-order valence-electron chi connectivity index (χ0n) is 14.8. The number of nitrogens with zero attached hydrogens (tertiary/aromatic N) is 2. The van der Waals surface area contributed by atoms with Crippen LogP contribution in [0.3, 0.4) is 0 Å². The van der Waals surface area contributed by atoms with Gasteiger partial charge in [-0.25, -0.2) is 4.39 Å². The molecule has 4 nitrogen and oxygen atoms in total. The lowest BCUT2D eigenvalue weighted by molar-refractivity contribution is -0.134. The van der Waals surface area contributed by atoms with Gasteiger partial charge >= 0.3 is 0 Å². The van der Waals surface area contributed by atoms with Crippen molar-refractivity contribution in [3.63, 3.8) is 0 Å². The zero-order chi connectivity index (χ0) is 19.0. The van der Waals surface area contributed by atoms with Gasteiger partial charge in [-0.1, -0.05) is 23.7 Å². The second kappa shape index (κ2) is 7.31. The molecule has 4 rings (SSSR count). The molecular formula is C21H20ClFN2O2. The Hall–Kier alpha value is -2.40. The van der Waals surface area contributed by atoms with E-state index in [0.717, 1.165) is 12.0 Å². The Balaban J connectivity index is 1.31. The van der Waals surface area contributed by atoms with E-state index in [4.69, 9.17) is 11.6 Å². The van der Waals surface area contributed by atoms with Crippen molar-refractivity contribution >= 4 is 23.4 Å². The van der Waals surface area contributed by atoms with Gasteiger partial charge in [0.15, 0.2) is 0 Å². The van der Waals surface area contributed by atoms with Crippen LogP contribution in [0.25, 0.3) is 0 Å². The fourth-order valence-electron chi connectivity index (χ4n) is 3.69. The lowest BCUT2D eigenvalue weighted by Gasteiger charge is -2.35. The molecule has 1 saturated carbocycles. The van der Waals surface area contributed by atoms with Crippen molar-refractivity contribution in [3.8, 4) is 0 Å². The molecule has 2 aromatic carbocycles. The summed E-state index contributed by atoms with van der Waals surface area (Å²) in [4.78, 5) is 28.9. The first-order chi connectivity index (χ1) is 13.0. The van der Waals surface area contributed by atoms with Crippen molar-refractivity contribution in [2.75, 3.05) is 26.2 Å². The second-order valence-electron chi connectivity index (χ2n) is 7.12. The van der Waals surface area contributed by atoms with Crippen LogP contribution in [-0.2, 0) is 4.79 Å². The van der Waals surface area contributed by atoms with Gasteiger partial charge in [0.2, 0.25) is 5.91 Å². The van der Waals surface area contributed by atoms with E-state index in [0.29, 0.717) is 36.8 Å². The first-order valence-corrected chi connectivity index (χ1v) is 9.50. The van der Waals surface area contributed by atoms with E-state index in [1.54, 1.807) is 41.3 Å². The van der Waals surface area contributed by atoms with Crippen molar-refractivity contribution in [1.29, 1.82) is 0 Å². The molecule has 1 heterocycles. The third-order valence-electron chi connectivity index (χ3n) is 5.38. The number of piperazine rings is 1. The third kappa shape index (κ3) is 3.83.